The van der Waals surface area contributed by atoms with E-state index in [1.807, 2.05) is 6.07 Å². The Labute approximate surface area is 123 Å². The summed E-state index contributed by atoms with van der Waals surface area (Å²) in [6.45, 7) is 6.01. The Morgan fingerprint density at radius 1 is 1.05 bits per heavy atom. The van der Waals surface area contributed by atoms with Crippen LogP contribution in [0.25, 0.3) is 0 Å². The average Bonchev–Trinajstić information content (AvgIpc) is 2.82. The molecule has 1 heteroatoms. The quantitative estimate of drug-likeness (QED) is 0.583. The second-order valence-corrected chi connectivity index (χ2v) is 5.66. The molecule has 1 aliphatic rings. The third-order valence-corrected chi connectivity index (χ3v) is 4.02. The van der Waals surface area contributed by atoms with Crippen LogP contribution in [-0.4, -0.2) is 6.61 Å². The van der Waals surface area contributed by atoms with Crippen molar-refractivity contribution in [3.05, 3.63) is 59.2 Å². The number of rotatable bonds is 8. The highest BCUT2D eigenvalue weighted by Gasteiger charge is 2.19. The smallest absolute Gasteiger partial charge is 0.0717 e. The van der Waals surface area contributed by atoms with Crippen LogP contribution in [0, 0.1) is 5.92 Å². The number of ether oxygens (including phenoxy) is 1. The molecule has 1 aromatic rings. The van der Waals surface area contributed by atoms with Crippen molar-refractivity contribution in [3.63, 3.8) is 0 Å². The molecule has 1 nitrogen and oxygen atoms in total. The summed E-state index contributed by atoms with van der Waals surface area (Å²) in [6, 6.07) is 10.4. The molecule has 0 aliphatic heterocycles. The van der Waals surface area contributed by atoms with E-state index in [0.717, 1.165) is 6.61 Å². The summed E-state index contributed by atoms with van der Waals surface area (Å²) in [6.07, 6.45) is 9.71. The fourth-order valence-corrected chi connectivity index (χ4v) is 2.71. The van der Waals surface area contributed by atoms with Crippen molar-refractivity contribution in [1.29, 1.82) is 0 Å². The van der Waals surface area contributed by atoms with Crippen LogP contribution in [0.5, 0.6) is 0 Å². The van der Waals surface area contributed by atoms with Crippen molar-refractivity contribution in [2.45, 2.75) is 46.1 Å². The molecule has 0 fully saturated rings. The van der Waals surface area contributed by atoms with E-state index in [-0.39, 0.29) is 0 Å². The molecule has 1 aliphatic carbocycles. The molecule has 0 aromatic heterocycles. The third kappa shape index (κ3) is 4.35. The van der Waals surface area contributed by atoms with Gasteiger partial charge >= 0.3 is 0 Å². The average molecular weight is 270 g/mol. The highest BCUT2D eigenvalue weighted by molar-refractivity contribution is 5.33. The molecule has 0 saturated heterocycles. The maximum Gasteiger partial charge on any atom is 0.0717 e. The van der Waals surface area contributed by atoms with Crippen molar-refractivity contribution in [2.24, 2.45) is 5.92 Å². The van der Waals surface area contributed by atoms with Crippen molar-refractivity contribution in [2.75, 3.05) is 6.61 Å². The summed E-state index contributed by atoms with van der Waals surface area (Å²) in [4.78, 5) is 0. The molecule has 2 rings (SSSR count). The van der Waals surface area contributed by atoms with Gasteiger partial charge in [0.2, 0.25) is 0 Å². The van der Waals surface area contributed by atoms with E-state index in [9.17, 15) is 0 Å². The van der Waals surface area contributed by atoms with Gasteiger partial charge in [0, 0.05) is 5.92 Å². The third-order valence-electron chi connectivity index (χ3n) is 4.02. The van der Waals surface area contributed by atoms with Gasteiger partial charge in [-0.3, -0.25) is 0 Å². The molecule has 1 aromatic carbocycles. The Morgan fingerprint density at radius 2 is 1.85 bits per heavy atom. The minimum absolute atomic E-state index is 0.510. The molecular weight excluding hydrogens is 244 g/mol. The van der Waals surface area contributed by atoms with E-state index in [1.165, 1.54) is 36.8 Å². The first-order valence-corrected chi connectivity index (χ1v) is 7.80. The topological polar surface area (TPSA) is 9.23 Å². The van der Waals surface area contributed by atoms with Crippen molar-refractivity contribution >= 4 is 0 Å². The zero-order chi connectivity index (χ0) is 14.2. The van der Waals surface area contributed by atoms with E-state index in [0.29, 0.717) is 12.5 Å². The molecule has 0 spiro atoms. The van der Waals surface area contributed by atoms with E-state index in [2.05, 4.69) is 50.3 Å². The van der Waals surface area contributed by atoms with Crippen molar-refractivity contribution in [1.82, 2.24) is 0 Å². The fraction of sp³-hybridized carbons (Fsp3) is 0.474. The largest absolute Gasteiger partial charge is 0.376 e. The van der Waals surface area contributed by atoms with Gasteiger partial charge in [0.15, 0.2) is 0 Å². The first kappa shape index (κ1) is 15.1. The summed E-state index contributed by atoms with van der Waals surface area (Å²) in [5.74, 6) is 0.510. The summed E-state index contributed by atoms with van der Waals surface area (Å²) >= 11 is 0. The Balaban J connectivity index is 1.78. The predicted molar refractivity (Wildman–Crippen MR) is 85.6 cm³/mol. The molecule has 0 bridgehead atoms. The van der Waals surface area contributed by atoms with Gasteiger partial charge in [0.05, 0.1) is 13.2 Å². The second-order valence-electron chi connectivity index (χ2n) is 5.66. The van der Waals surface area contributed by atoms with Crippen LogP contribution in [0.15, 0.2) is 53.6 Å². The van der Waals surface area contributed by atoms with Gasteiger partial charge in [-0.15, -0.1) is 0 Å². The van der Waals surface area contributed by atoms with Crippen molar-refractivity contribution in [3.8, 4) is 0 Å². The van der Waals surface area contributed by atoms with Crippen LogP contribution in [0.4, 0.5) is 0 Å². The Morgan fingerprint density at radius 3 is 2.60 bits per heavy atom. The summed E-state index contributed by atoms with van der Waals surface area (Å²) in [5.41, 5.74) is 4.26. The standard InChI is InChI=1S/C19H26O/c1-3-4-6-11-18-13-12-16(2)19(18)15-20-14-17-9-7-5-8-10-17/h5,7-10,12-13,19H,3-4,6,11,14-15H2,1-2H3. The Hall–Kier alpha value is -1.34. The van der Waals surface area contributed by atoms with Gasteiger partial charge in [-0.1, -0.05) is 73.4 Å². The van der Waals surface area contributed by atoms with Gasteiger partial charge in [0.1, 0.15) is 0 Å². The molecule has 0 saturated carbocycles. The molecule has 0 heterocycles. The number of unbranched alkanes of at least 4 members (excludes halogenated alkanes) is 2. The van der Waals surface area contributed by atoms with Gasteiger partial charge in [-0.25, -0.2) is 0 Å². The predicted octanol–water partition coefficient (Wildman–Crippen LogP) is 5.29. The molecule has 108 valence electrons. The summed E-state index contributed by atoms with van der Waals surface area (Å²) in [5, 5.41) is 0. The van der Waals surface area contributed by atoms with Crippen LogP contribution >= 0.6 is 0 Å². The summed E-state index contributed by atoms with van der Waals surface area (Å²) in [7, 11) is 0. The zero-order valence-corrected chi connectivity index (χ0v) is 12.8. The molecular formula is C19H26O. The second kappa shape index (κ2) is 8.06. The lowest BCUT2D eigenvalue weighted by Gasteiger charge is -2.18. The monoisotopic (exact) mass is 270 g/mol. The van der Waals surface area contributed by atoms with Crippen LogP contribution in [0.1, 0.15) is 45.1 Å². The molecule has 1 unspecified atom stereocenters. The molecule has 20 heavy (non-hydrogen) atoms. The lowest BCUT2D eigenvalue weighted by molar-refractivity contribution is 0.105. The number of hydrogen-bond donors (Lipinski definition) is 0. The maximum absolute atomic E-state index is 5.93. The maximum atomic E-state index is 5.93. The van der Waals surface area contributed by atoms with E-state index in [4.69, 9.17) is 4.74 Å². The lowest BCUT2D eigenvalue weighted by Crippen LogP contribution is -2.11. The minimum Gasteiger partial charge on any atom is -0.376 e. The fourth-order valence-electron chi connectivity index (χ4n) is 2.71. The van der Waals surface area contributed by atoms with E-state index >= 15 is 0 Å². The zero-order valence-electron chi connectivity index (χ0n) is 12.8. The van der Waals surface area contributed by atoms with Crippen molar-refractivity contribution < 1.29 is 4.74 Å². The van der Waals surface area contributed by atoms with Gasteiger partial charge in [0.25, 0.3) is 0 Å². The number of allylic oxidation sites excluding steroid dienone is 2. The van der Waals surface area contributed by atoms with Gasteiger partial charge < -0.3 is 4.74 Å². The normalized spacial score (nSPS) is 18.0. The van der Waals surface area contributed by atoms with Crippen LogP contribution in [0.3, 0.4) is 0 Å². The van der Waals surface area contributed by atoms with Gasteiger partial charge in [-0.05, 0) is 25.3 Å². The summed E-state index contributed by atoms with van der Waals surface area (Å²) < 4.78 is 5.93. The highest BCUT2D eigenvalue weighted by atomic mass is 16.5. The first-order valence-electron chi connectivity index (χ1n) is 7.80. The van der Waals surface area contributed by atoms with Gasteiger partial charge in [-0.2, -0.15) is 0 Å². The molecule has 1 atom stereocenters. The Kier molecular flexibility index (Phi) is 6.07. The number of benzene rings is 1. The van der Waals surface area contributed by atoms with E-state index in [1.54, 1.807) is 5.57 Å². The van der Waals surface area contributed by atoms with E-state index < -0.39 is 0 Å². The highest BCUT2D eigenvalue weighted by Crippen LogP contribution is 2.30. The molecule has 0 amide bonds. The van der Waals surface area contributed by atoms with Crippen LogP contribution in [-0.2, 0) is 11.3 Å². The molecule has 0 radical (unpaired) electrons. The van der Waals surface area contributed by atoms with Crippen LogP contribution in [0.2, 0.25) is 0 Å². The number of hydrogen-bond acceptors (Lipinski definition) is 1. The van der Waals surface area contributed by atoms with Crippen LogP contribution < -0.4 is 0 Å². The SMILES string of the molecule is CCCCCC1=CC=C(C)C1COCc1ccccc1. The first-order chi connectivity index (χ1) is 9.81. The Bertz CT molecular complexity index is 456. The lowest BCUT2D eigenvalue weighted by atomic mass is 9.93. The minimum atomic E-state index is 0.510. The molecule has 0 N–H and O–H groups in total.